The van der Waals surface area contributed by atoms with Gasteiger partial charge in [-0.3, -0.25) is 0 Å². The lowest BCUT2D eigenvalue weighted by Crippen LogP contribution is -1.84. The Balaban J connectivity index is 0.000000791. The van der Waals surface area contributed by atoms with Crippen LogP contribution in [0.2, 0.25) is 0 Å². The molecular weight excluding hydrogens is 172 g/mol. The normalized spacial score (nSPS) is 9.43. The minimum absolute atomic E-state index is 0.743. The van der Waals surface area contributed by atoms with Gasteiger partial charge in [0.05, 0.1) is 0 Å². The van der Waals surface area contributed by atoms with Crippen LogP contribution in [0.5, 0.6) is 0 Å². The van der Waals surface area contributed by atoms with Crippen molar-refractivity contribution in [2.45, 2.75) is 27.7 Å². The van der Waals surface area contributed by atoms with Crippen LogP contribution in [0.15, 0.2) is 23.8 Å². The van der Waals surface area contributed by atoms with Gasteiger partial charge in [0.25, 0.3) is 0 Å². The van der Waals surface area contributed by atoms with Crippen molar-refractivity contribution in [3.05, 3.63) is 30.0 Å². The first-order chi connectivity index (χ1) is 6.79. The third kappa shape index (κ3) is 3.13. The van der Waals surface area contributed by atoms with Crippen LogP contribution in [0.25, 0.3) is 6.08 Å². The molecule has 0 radical (unpaired) electrons. The van der Waals surface area contributed by atoms with Crippen molar-refractivity contribution in [2.24, 2.45) is 4.99 Å². The number of aryl methyl sites for hydroxylation is 1. The Morgan fingerprint density at radius 3 is 2.57 bits per heavy atom. The first kappa shape index (κ1) is 12.6. The predicted octanol–water partition coefficient (Wildman–Crippen LogP) is 3.78. The van der Waals surface area contributed by atoms with E-state index in [-0.39, 0.29) is 0 Å². The molecule has 1 heterocycles. The number of hydrogen-bond donors (Lipinski definition) is 0. The summed E-state index contributed by atoms with van der Waals surface area (Å²) in [7, 11) is 0. The van der Waals surface area contributed by atoms with Crippen LogP contribution >= 0.6 is 0 Å². The molecule has 2 nitrogen and oxygen atoms in total. The molecule has 0 unspecified atom stereocenters. The average molecular weight is 190 g/mol. The summed E-state index contributed by atoms with van der Waals surface area (Å²) < 4.78 is 0. The molecule has 0 saturated heterocycles. The van der Waals surface area contributed by atoms with Crippen LogP contribution in [0.3, 0.4) is 0 Å². The Kier molecular flexibility index (Phi) is 6.29. The van der Waals surface area contributed by atoms with E-state index in [0.29, 0.717) is 0 Å². The van der Waals surface area contributed by atoms with E-state index in [1.807, 2.05) is 33.8 Å². The maximum Gasteiger partial charge on any atom is 0.159 e. The topological polar surface area (TPSA) is 25.2 Å². The van der Waals surface area contributed by atoms with Crippen molar-refractivity contribution in [2.75, 3.05) is 0 Å². The summed E-state index contributed by atoms with van der Waals surface area (Å²) in [6.45, 7) is 11.6. The van der Waals surface area contributed by atoms with Gasteiger partial charge < -0.3 is 0 Å². The molecule has 0 fully saturated rings. The molecule has 0 saturated carbocycles. The van der Waals surface area contributed by atoms with E-state index in [4.69, 9.17) is 0 Å². The summed E-state index contributed by atoms with van der Waals surface area (Å²) in [4.78, 5) is 8.26. The minimum Gasteiger partial charge on any atom is -0.241 e. The fourth-order valence-corrected chi connectivity index (χ4v) is 1.03. The molecule has 0 aliphatic carbocycles. The van der Waals surface area contributed by atoms with E-state index in [1.54, 1.807) is 18.5 Å². The highest BCUT2D eigenvalue weighted by Gasteiger charge is 1.99. The third-order valence-corrected chi connectivity index (χ3v) is 1.64. The van der Waals surface area contributed by atoms with Gasteiger partial charge in [0, 0.05) is 18.0 Å². The predicted molar refractivity (Wildman–Crippen MR) is 64.2 cm³/mol. The summed E-state index contributed by atoms with van der Waals surface area (Å²) >= 11 is 0. The lowest BCUT2D eigenvalue weighted by atomic mass is 10.1. The Hall–Kier alpha value is -1.44. The van der Waals surface area contributed by atoms with Crippen molar-refractivity contribution < 1.29 is 0 Å². The fourth-order valence-electron chi connectivity index (χ4n) is 1.03. The highest BCUT2D eigenvalue weighted by atomic mass is 14.9. The number of hydrogen-bond acceptors (Lipinski definition) is 2. The lowest BCUT2D eigenvalue weighted by molar-refractivity contribution is 1.23. The molecule has 0 N–H and O–H groups in total. The third-order valence-electron chi connectivity index (χ3n) is 1.64. The number of aromatic nitrogens is 1. The van der Waals surface area contributed by atoms with Crippen LogP contribution < -0.4 is 0 Å². The molecule has 1 rings (SSSR count). The van der Waals surface area contributed by atoms with Crippen molar-refractivity contribution in [3.63, 3.8) is 0 Å². The van der Waals surface area contributed by atoms with E-state index in [9.17, 15) is 0 Å². The molecule has 0 spiro atoms. The lowest BCUT2D eigenvalue weighted by Gasteiger charge is -2.01. The molecule has 76 valence electrons. The van der Waals surface area contributed by atoms with E-state index in [2.05, 4.69) is 16.6 Å². The zero-order valence-corrected chi connectivity index (χ0v) is 9.41. The Morgan fingerprint density at radius 2 is 2.07 bits per heavy atom. The van der Waals surface area contributed by atoms with Crippen LogP contribution in [0.4, 0.5) is 5.82 Å². The van der Waals surface area contributed by atoms with Crippen molar-refractivity contribution >= 4 is 18.1 Å². The molecule has 2 heteroatoms. The SMILES string of the molecule is C=Cc1c(C)ccnc1N=CC.CC. The molecule has 1 aromatic heterocycles. The molecule has 1 aromatic rings. The van der Waals surface area contributed by atoms with Gasteiger partial charge in [0.15, 0.2) is 5.82 Å². The van der Waals surface area contributed by atoms with Gasteiger partial charge >= 0.3 is 0 Å². The summed E-state index contributed by atoms with van der Waals surface area (Å²) in [5.74, 6) is 0.743. The summed E-state index contributed by atoms with van der Waals surface area (Å²) in [6.07, 6.45) is 5.27. The van der Waals surface area contributed by atoms with Gasteiger partial charge in [-0.1, -0.05) is 26.5 Å². The van der Waals surface area contributed by atoms with Crippen LogP contribution in [0.1, 0.15) is 31.9 Å². The summed E-state index contributed by atoms with van der Waals surface area (Å²) in [5, 5.41) is 0. The molecule has 0 amide bonds. The Labute approximate surface area is 86.4 Å². The van der Waals surface area contributed by atoms with Gasteiger partial charge in [0.1, 0.15) is 0 Å². The van der Waals surface area contributed by atoms with Gasteiger partial charge in [-0.2, -0.15) is 0 Å². The highest BCUT2D eigenvalue weighted by Crippen LogP contribution is 2.19. The average Bonchev–Trinajstić information content (AvgIpc) is 2.22. The van der Waals surface area contributed by atoms with Crippen molar-refractivity contribution in [3.8, 4) is 0 Å². The van der Waals surface area contributed by atoms with E-state index in [1.165, 1.54) is 0 Å². The Morgan fingerprint density at radius 1 is 1.43 bits per heavy atom. The number of rotatable bonds is 2. The second kappa shape index (κ2) is 7.01. The molecule has 0 aliphatic rings. The van der Waals surface area contributed by atoms with Gasteiger partial charge in [0.2, 0.25) is 0 Å². The molecular formula is C12H18N2. The minimum atomic E-state index is 0.743. The zero-order chi connectivity index (χ0) is 11.0. The van der Waals surface area contributed by atoms with Crippen LogP contribution in [-0.2, 0) is 0 Å². The largest absolute Gasteiger partial charge is 0.241 e. The smallest absolute Gasteiger partial charge is 0.159 e. The molecule has 0 atom stereocenters. The van der Waals surface area contributed by atoms with E-state index < -0.39 is 0 Å². The number of pyridine rings is 1. The second-order valence-corrected chi connectivity index (χ2v) is 2.46. The van der Waals surface area contributed by atoms with Gasteiger partial charge in [-0.15, -0.1) is 0 Å². The maximum absolute atomic E-state index is 4.13. The fraction of sp³-hybridized carbons (Fsp3) is 0.333. The second-order valence-electron chi connectivity index (χ2n) is 2.46. The monoisotopic (exact) mass is 190 g/mol. The van der Waals surface area contributed by atoms with Gasteiger partial charge in [-0.05, 0) is 25.5 Å². The zero-order valence-electron chi connectivity index (χ0n) is 9.41. The van der Waals surface area contributed by atoms with E-state index in [0.717, 1.165) is 16.9 Å². The summed E-state index contributed by atoms with van der Waals surface area (Å²) in [5.41, 5.74) is 2.16. The highest BCUT2D eigenvalue weighted by molar-refractivity contribution is 5.67. The number of aliphatic imine (C=N–C) groups is 1. The first-order valence-corrected chi connectivity index (χ1v) is 4.86. The Bertz CT molecular complexity index is 314. The molecule has 0 aliphatic heterocycles. The van der Waals surface area contributed by atoms with Crippen LogP contribution in [0, 0.1) is 6.92 Å². The quantitative estimate of drug-likeness (QED) is 0.651. The molecule has 0 aromatic carbocycles. The van der Waals surface area contributed by atoms with Crippen molar-refractivity contribution in [1.82, 2.24) is 4.98 Å². The molecule has 14 heavy (non-hydrogen) atoms. The van der Waals surface area contributed by atoms with Crippen LogP contribution in [-0.4, -0.2) is 11.2 Å². The standard InChI is InChI=1S/C10H12N2.C2H6/c1-4-9-8(3)6-7-12-10(9)11-5-2;1-2/h4-7H,1H2,2-3H3;1-2H3. The van der Waals surface area contributed by atoms with E-state index >= 15 is 0 Å². The van der Waals surface area contributed by atoms with Crippen molar-refractivity contribution in [1.29, 1.82) is 0 Å². The summed E-state index contributed by atoms with van der Waals surface area (Å²) in [6, 6.07) is 1.95. The van der Waals surface area contributed by atoms with Gasteiger partial charge in [-0.25, -0.2) is 9.98 Å². The molecule has 0 bridgehead atoms. The number of nitrogens with zero attached hydrogens (tertiary/aromatic N) is 2. The first-order valence-electron chi connectivity index (χ1n) is 4.86. The maximum atomic E-state index is 4.13.